The average molecular weight is 672 g/mol. The maximum Gasteiger partial charge on any atom is 0.461 e. The summed E-state index contributed by atoms with van der Waals surface area (Å²) in [6.07, 6.45) is -15.0. The van der Waals surface area contributed by atoms with Crippen molar-refractivity contribution < 1.29 is 58.2 Å². The number of alkyl halides is 7. The first-order valence-electron chi connectivity index (χ1n) is 13.4. The molecule has 248 valence electrons. The van der Waals surface area contributed by atoms with Gasteiger partial charge in [0.05, 0.1) is 11.3 Å². The Balaban J connectivity index is 2.03. The monoisotopic (exact) mass is 671 g/mol. The van der Waals surface area contributed by atoms with E-state index in [0.717, 1.165) is 24.3 Å². The summed E-state index contributed by atoms with van der Waals surface area (Å²) in [4.78, 5) is 13.8. The maximum atomic E-state index is 16.1. The molecule has 0 saturated carbocycles. The predicted molar refractivity (Wildman–Crippen MR) is 150 cm³/mol. The number of hydrogen-bond donors (Lipinski definition) is 1. The fourth-order valence-electron chi connectivity index (χ4n) is 4.80. The Hall–Kier alpha value is -5.01. The molecule has 0 aliphatic rings. The van der Waals surface area contributed by atoms with Crippen LogP contribution in [0.1, 0.15) is 39.5 Å². The molecule has 0 aliphatic heterocycles. The van der Waals surface area contributed by atoms with Crippen LogP contribution in [0.5, 0.6) is 11.5 Å². The van der Waals surface area contributed by atoms with E-state index in [-0.39, 0.29) is 17.4 Å². The SMILES string of the molecule is C=C(C)Oc1c(F)cccc1C(Cc1ccccc1)(NC(=O)c1ccc(F)c(C(F)(F)F)c1)c1ccc(OC(F)(F)C(F)F)cc1F. The maximum absolute atomic E-state index is 16.1. The lowest BCUT2D eigenvalue weighted by atomic mass is 9.76. The smallest absolute Gasteiger partial charge is 0.459 e. The molecule has 14 heteroatoms. The summed E-state index contributed by atoms with van der Waals surface area (Å²) in [6.45, 7) is 4.89. The zero-order valence-electron chi connectivity index (χ0n) is 24.1. The van der Waals surface area contributed by atoms with Crippen LogP contribution in [-0.4, -0.2) is 18.4 Å². The zero-order valence-corrected chi connectivity index (χ0v) is 24.1. The molecule has 4 nitrogen and oxygen atoms in total. The summed E-state index contributed by atoms with van der Waals surface area (Å²) < 4.78 is 149. The Morgan fingerprint density at radius 3 is 2.06 bits per heavy atom. The van der Waals surface area contributed by atoms with E-state index in [1.165, 1.54) is 25.1 Å². The van der Waals surface area contributed by atoms with E-state index in [2.05, 4.69) is 16.6 Å². The third kappa shape index (κ3) is 7.69. The Kier molecular flexibility index (Phi) is 9.92. The molecule has 0 bridgehead atoms. The van der Waals surface area contributed by atoms with Crippen molar-refractivity contribution in [2.75, 3.05) is 0 Å². The van der Waals surface area contributed by atoms with E-state index < -0.39 is 82.2 Å². The summed E-state index contributed by atoms with van der Waals surface area (Å²) in [5.74, 6) is -7.24. The van der Waals surface area contributed by atoms with E-state index in [4.69, 9.17) is 4.74 Å². The van der Waals surface area contributed by atoms with Crippen LogP contribution in [0.2, 0.25) is 0 Å². The highest BCUT2D eigenvalue weighted by molar-refractivity contribution is 5.95. The van der Waals surface area contributed by atoms with Gasteiger partial charge in [-0.25, -0.2) is 13.2 Å². The first-order valence-corrected chi connectivity index (χ1v) is 13.4. The third-order valence-electron chi connectivity index (χ3n) is 6.78. The van der Waals surface area contributed by atoms with Gasteiger partial charge in [-0.05, 0) is 48.9 Å². The Morgan fingerprint density at radius 1 is 0.787 bits per heavy atom. The van der Waals surface area contributed by atoms with E-state index >= 15 is 8.78 Å². The van der Waals surface area contributed by atoms with Crippen LogP contribution in [0.4, 0.5) is 43.9 Å². The van der Waals surface area contributed by atoms with Gasteiger partial charge in [-0.2, -0.15) is 30.7 Å². The summed E-state index contributed by atoms with van der Waals surface area (Å²) in [5, 5.41) is 2.44. The van der Waals surface area contributed by atoms with Gasteiger partial charge in [-0.3, -0.25) is 4.79 Å². The van der Waals surface area contributed by atoms with Crippen LogP contribution in [0.15, 0.2) is 97.3 Å². The summed E-state index contributed by atoms with van der Waals surface area (Å²) >= 11 is 0. The molecule has 47 heavy (non-hydrogen) atoms. The largest absolute Gasteiger partial charge is 0.461 e. The van der Waals surface area contributed by atoms with Crippen molar-refractivity contribution in [1.82, 2.24) is 5.32 Å². The van der Waals surface area contributed by atoms with E-state index in [1.54, 1.807) is 18.2 Å². The number of rotatable bonds is 11. The molecule has 4 aromatic rings. The quantitative estimate of drug-likeness (QED) is 0.128. The van der Waals surface area contributed by atoms with Gasteiger partial charge in [0.15, 0.2) is 11.6 Å². The minimum absolute atomic E-state index is 0.0805. The van der Waals surface area contributed by atoms with Gasteiger partial charge in [0.1, 0.15) is 22.9 Å². The van der Waals surface area contributed by atoms with Crippen LogP contribution in [0, 0.1) is 17.5 Å². The molecule has 4 rings (SSSR count). The van der Waals surface area contributed by atoms with Crippen LogP contribution < -0.4 is 14.8 Å². The van der Waals surface area contributed by atoms with Gasteiger partial charge < -0.3 is 14.8 Å². The molecule has 0 aliphatic carbocycles. The van der Waals surface area contributed by atoms with E-state index in [1.807, 2.05) is 0 Å². The van der Waals surface area contributed by atoms with Crippen molar-refractivity contribution in [1.29, 1.82) is 0 Å². The van der Waals surface area contributed by atoms with Gasteiger partial charge in [-0.1, -0.05) is 49.0 Å². The minimum atomic E-state index is -5.21. The molecule has 4 aromatic carbocycles. The standard InChI is InChI=1S/C33H23F10NO3/c1-18(2)46-28-23(9-6-10-26(28)35)31(17-19-7-4-3-5-8-19,22-13-12-21(16-27(22)36)47-33(42,43)30(37)38)44-29(45)20-11-14-25(34)24(15-20)32(39,40)41/h3-16,30H,1,17H2,2H3,(H,44,45). The number of allylic oxidation sites excluding steroid dienone is 1. The van der Waals surface area contributed by atoms with Crippen molar-refractivity contribution in [2.24, 2.45) is 0 Å². The van der Waals surface area contributed by atoms with Gasteiger partial charge in [0.25, 0.3) is 5.91 Å². The van der Waals surface area contributed by atoms with Crippen LogP contribution >= 0.6 is 0 Å². The Morgan fingerprint density at radius 2 is 1.47 bits per heavy atom. The summed E-state index contributed by atoms with van der Waals surface area (Å²) in [7, 11) is 0. The highest BCUT2D eigenvalue weighted by atomic mass is 19.4. The second-order valence-corrected chi connectivity index (χ2v) is 10.2. The number of ether oxygens (including phenoxy) is 2. The molecule has 1 unspecified atom stereocenters. The molecule has 0 spiro atoms. The van der Waals surface area contributed by atoms with Crippen molar-refractivity contribution in [3.05, 3.63) is 143 Å². The molecule has 0 aromatic heterocycles. The van der Waals surface area contributed by atoms with Gasteiger partial charge in [0, 0.05) is 29.2 Å². The van der Waals surface area contributed by atoms with Crippen LogP contribution in [0.25, 0.3) is 0 Å². The van der Waals surface area contributed by atoms with Crippen molar-refractivity contribution in [3.8, 4) is 11.5 Å². The van der Waals surface area contributed by atoms with E-state index in [0.29, 0.717) is 23.8 Å². The van der Waals surface area contributed by atoms with Crippen molar-refractivity contribution in [3.63, 3.8) is 0 Å². The number of halogens is 10. The molecule has 1 atom stereocenters. The van der Waals surface area contributed by atoms with Crippen molar-refractivity contribution >= 4 is 5.91 Å². The van der Waals surface area contributed by atoms with Crippen LogP contribution in [-0.2, 0) is 18.1 Å². The average Bonchev–Trinajstić information content (AvgIpc) is 2.97. The number of para-hydroxylation sites is 1. The molecule has 0 fully saturated rings. The highest BCUT2D eigenvalue weighted by Crippen LogP contribution is 2.43. The fourth-order valence-corrected chi connectivity index (χ4v) is 4.80. The Labute approximate surface area is 261 Å². The van der Waals surface area contributed by atoms with Crippen molar-refractivity contribution in [2.45, 2.75) is 37.6 Å². The molecule has 1 N–H and O–H groups in total. The normalized spacial score (nSPS) is 13.2. The lowest BCUT2D eigenvalue weighted by molar-refractivity contribution is -0.253. The summed E-state index contributed by atoms with van der Waals surface area (Å²) in [6, 6.07) is 14.2. The van der Waals surface area contributed by atoms with Gasteiger partial charge in [-0.15, -0.1) is 0 Å². The van der Waals surface area contributed by atoms with Gasteiger partial charge >= 0.3 is 18.7 Å². The second kappa shape index (κ2) is 13.4. The predicted octanol–water partition coefficient (Wildman–Crippen LogP) is 9.19. The second-order valence-electron chi connectivity index (χ2n) is 10.2. The lowest BCUT2D eigenvalue weighted by Gasteiger charge is -2.38. The zero-order chi connectivity index (χ0) is 34.7. The topological polar surface area (TPSA) is 47.6 Å². The number of amides is 1. The highest BCUT2D eigenvalue weighted by Gasteiger charge is 2.46. The number of nitrogens with one attached hydrogen (secondary N) is 1. The lowest BCUT2D eigenvalue weighted by Crippen LogP contribution is -2.49. The number of carbonyl (C=O) groups is 1. The molecular weight excluding hydrogens is 648 g/mol. The number of hydrogen-bond acceptors (Lipinski definition) is 3. The van der Waals surface area contributed by atoms with Crippen LogP contribution in [0.3, 0.4) is 0 Å². The first kappa shape index (κ1) is 34.9. The molecule has 0 radical (unpaired) electrons. The fraction of sp³-hybridized carbons (Fsp3) is 0.182. The molecule has 0 saturated heterocycles. The molecule has 1 amide bonds. The molecule has 0 heterocycles. The first-order chi connectivity index (χ1) is 21.9. The molecular formula is C33H23F10NO3. The van der Waals surface area contributed by atoms with Gasteiger partial charge in [0.2, 0.25) is 0 Å². The number of benzene rings is 4. The Bertz CT molecular complexity index is 1780. The summed E-state index contributed by atoms with van der Waals surface area (Å²) in [5.41, 5.74) is -5.46. The third-order valence-corrected chi connectivity index (χ3v) is 6.78. The minimum Gasteiger partial charge on any atom is -0.459 e. The number of carbonyl (C=O) groups excluding carboxylic acids is 1. The van der Waals surface area contributed by atoms with E-state index in [9.17, 15) is 39.9 Å².